The molecule has 0 amide bonds. The van der Waals surface area contributed by atoms with E-state index < -0.39 is 0 Å². The van der Waals surface area contributed by atoms with E-state index >= 15 is 0 Å². The lowest BCUT2D eigenvalue weighted by molar-refractivity contribution is 0.459. The van der Waals surface area contributed by atoms with Gasteiger partial charge >= 0.3 is 0 Å². The van der Waals surface area contributed by atoms with Crippen LogP contribution in [-0.2, 0) is 6.54 Å². The summed E-state index contributed by atoms with van der Waals surface area (Å²) in [4.78, 5) is 4.30. The summed E-state index contributed by atoms with van der Waals surface area (Å²) in [6, 6.07) is 9.42. The topological polar surface area (TPSA) is 34.1 Å². The van der Waals surface area contributed by atoms with Crippen LogP contribution in [0.15, 0.2) is 36.5 Å². The molecule has 0 bridgehead atoms. The van der Waals surface area contributed by atoms with Crippen LogP contribution < -0.4 is 10.1 Å². The molecule has 0 aliphatic carbocycles. The van der Waals surface area contributed by atoms with Gasteiger partial charge in [-0.25, -0.2) is 4.98 Å². The van der Waals surface area contributed by atoms with E-state index in [0.29, 0.717) is 10.9 Å². The lowest BCUT2D eigenvalue weighted by Gasteiger charge is -2.08. The molecule has 2 rings (SSSR count). The minimum atomic E-state index is 0.589. The Morgan fingerprint density at radius 1 is 1.26 bits per heavy atom. The summed E-state index contributed by atoms with van der Waals surface area (Å²) in [5.74, 6) is 1.36. The molecule has 0 aliphatic rings. The largest absolute Gasteiger partial charge is 0.439 e. The Morgan fingerprint density at radius 2 is 2.11 bits per heavy atom. The summed E-state index contributed by atoms with van der Waals surface area (Å²) in [6.07, 6.45) is 1.82. The molecule has 3 nitrogen and oxygen atoms in total. The summed E-state index contributed by atoms with van der Waals surface area (Å²) >= 11 is 5.91. The molecule has 0 radical (unpaired) electrons. The van der Waals surface area contributed by atoms with Crippen molar-refractivity contribution < 1.29 is 4.74 Å². The van der Waals surface area contributed by atoms with Crippen LogP contribution in [0.25, 0.3) is 0 Å². The van der Waals surface area contributed by atoms with Crippen molar-refractivity contribution in [2.24, 2.45) is 0 Å². The lowest BCUT2D eigenvalue weighted by Crippen LogP contribution is -2.11. The molecule has 0 atom stereocenters. The summed E-state index contributed by atoms with van der Waals surface area (Å²) in [7, 11) is 0. The summed E-state index contributed by atoms with van der Waals surface area (Å²) in [6.45, 7) is 5.81. The number of hydrogen-bond acceptors (Lipinski definition) is 3. The fraction of sp³-hybridized carbons (Fsp3) is 0.267. The number of nitrogens with one attached hydrogen (secondary N) is 1. The van der Waals surface area contributed by atoms with Crippen molar-refractivity contribution in [2.75, 3.05) is 6.54 Å². The van der Waals surface area contributed by atoms with Gasteiger partial charge in [0.25, 0.3) is 0 Å². The molecule has 0 saturated heterocycles. The minimum absolute atomic E-state index is 0.589. The molecule has 4 heteroatoms. The normalized spacial score (nSPS) is 10.5. The van der Waals surface area contributed by atoms with Crippen LogP contribution in [0.5, 0.6) is 11.6 Å². The molecule has 1 heterocycles. The van der Waals surface area contributed by atoms with E-state index in [4.69, 9.17) is 16.3 Å². The van der Waals surface area contributed by atoms with Gasteiger partial charge in [0.05, 0.1) is 0 Å². The second kappa shape index (κ2) is 6.55. The number of halogens is 1. The molecule has 0 saturated carbocycles. The van der Waals surface area contributed by atoms with Crippen molar-refractivity contribution in [2.45, 2.75) is 20.4 Å². The monoisotopic (exact) mass is 276 g/mol. The van der Waals surface area contributed by atoms with Gasteiger partial charge in [-0.1, -0.05) is 24.6 Å². The first kappa shape index (κ1) is 13.8. The number of nitrogens with zero attached hydrogens (tertiary/aromatic N) is 1. The maximum absolute atomic E-state index is 5.91. The number of aryl methyl sites for hydroxylation is 1. The second-order valence-corrected chi connectivity index (χ2v) is 4.73. The van der Waals surface area contributed by atoms with Gasteiger partial charge < -0.3 is 10.1 Å². The standard InChI is InChI=1S/C15H17ClN2O/c1-3-17-9-12-4-7-15(18-10-12)19-14-6-5-13(16)8-11(14)2/h4-8,10,17H,3,9H2,1-2H3. The van der Waals surface area contributed by atoms with Crippen LogP contribution >= 0.6 is 11.6 Å². The zero-order valence-electron chi connectivity index (χ0n) is 11.1. The summed E-state index contributed by atoms with van der Waals surface area (Å²) < 4.78 is 5.73. The Labute approximate surface area is 118 Å². The smallest absolute Gasteiger partial charge is 0.219 e. The molecule has 2 aromatic rings. The Balaban J connectivity index is 2.06. The van der Waals surface area contributed by atoms with Crippen LogP contribution in [0, 0.1) is 6.92 Å². The number of rotatable bonds is 5. The first-order chi connectivity index (χ1) is 9.19. The quantitative estimate of drug-likeness (QED) is 0.898. The Bertz CT molecular complexity index is 540. The van der Waals surface area contributed by atoms with Gasteiger partial charge in [-0.15, -0.1) is 0 Å². The highest BCUT2D eigenvalue weighted by Gasteiger charge is 2.03. The zero-order valence-corrected chi connectivity index (χ0v) is 11.9. The zero-order chi connectivity index (χ0) is 13.7. The predicted molar refractivity (Wildman–Crippen MR) is 77.9 cm³/mol. The van der Waals surface area contributed by atoms with Crippen molar-refractivity contribution in [1.82, 2.24) is 10.3 Å². The van der Waals surface area contributed by atoms with Crippen LogP contribution in [-0.4, -0.2) is 11.5 Å². The van der Waals surface area contributed by atoms with Crippen LogP contribution in [0.2, 0.25) is 5.02 Å². The maximum atomic E-state index is 5.91. The van der Waals surface area contributed by atoms with E-state index in [-0.39, 0.29) is 0 Å². The molecule has 1 aromatic heterocycles. The molecule has 1 aromatic carbocycles. The third kappa shape index (κ3) is 3.94. The van der Waals surface area contributed by atoms with Crippen molar-refractivity contribution in [3.8, 4) is 11.6 Å². The molecule has 0 fully saturated rings. The van der Waals surface area contributed by atoms with Gasteiger partial charge in [0.15, 0.2) is 0 Å². The van der Waals surface area contributed by atoms with Crippen LogP contribution in [0.1, 0.15) is 18.1 Å². The molecule has 0 unspecified atom stereocenters. The van der Waals surface area contributed by atoms with Crippen LogP contribution in [0.4, 0.5) is 0 Å². The van der Waals surface area contributed by atoms with Gasteiger partial charge in [-0.3, -0.25) is 0 Å². The van der Waals surface area contributed by atoms with Crippen molar-refractivity contribution >= 4 is 11.6 Å². The molecule has 19 heavy (non-hydrogen) atoms. The van der Waals surface area contributed by atoms with Crippen molar-refractivity contribution in [3.05, 3.63) is 52.7 Å². The van der Waals surface area contributed by atoms with Gasteiger partial charge in [0.1, 0.15) is 5.75 Å². The number of benzene rings is 1. The average molecular weight is 277 g/mol. The first-order valence-electron chi connectivity index (χ1n) is 6.28. The van der Waals surface area contributed by atoms with Gasteiger partial charge in [0, 0.05) is 23.8 Å². The lowest BCUT2D eigenvalue weighted by atomic mass is 10.2. The Morgan fingerprint density at radius 3 is 2.74 bits per heavy atom. The molecule has 0 spiro atoms. The van der Waals surface area contributed by atoms with Crippen molar-refractivity contribution in [1.29, 1.82) is 0 Å². The van der Waals surface area contributed by atoms with E-state index in [0.717, 1.165) is 30.0 Å². The Hall–Kier alpha value is -1.58. The van der Waals surface area contributed by atoms with E-state index in [9.17, 15) is 0 Å². The Kier molecular flexibility index (Phi) is 4.77. The van der Waals surface area contributed by atoms with E-state index in [2.05, 4.69) is 17.2 Å². The second-order valence-electron chi connectivity index (χ2n) is 4.30. The SMILES string of the molecule is CCNCc1ccc(Oc2ccc(Cl)cc2C)nc1. The number of aromatic nitrogens is 1. The van der Waals surface area contributed by atoms with Gasteiger partial charge in [0.2, 0.25) is 5.88 Å². The number of pyridine rings is 1. The fourth-order valence-electron chi connectivity index (χ4n) is 1.69. The third-order valence-corrected chi connectivity index (χ3v) is 2.96. The number of hydrogen-bond donors (Lipinski definition) is 1. The van der Waals surface area contributed by atoms with E-state index in [1.165, 1.54) is 0 Å². The number of ether oxygens (including phenoxy) is 1. The molecule has 100 valence electrons. The fourth-order valence-corrected chi connectivity index (χ4v) is 1.91. The van der Waals surface area contributed by atoms with E-state index in [1.54, 1.807) is 0 Å². The van der Waals surface area contributed by atoms with Gasteiger partial charge in [-0.2, -0.15) is 0 Å². The molecular formula is C15H17ClN2O. The summed E-state index contributed by atoms with van der Waals surface area (Å²) in [5.41, 5.74) is 2.13. The molecule has 0 aliphatic heterocycles. The molecule has 1 N–H and O–H groups in total. The van der Waals surface area contributed by atoms with Crippen molar-refractivity contribution in [3.63, 3.8) is 0 Å². The van der Waals surface area contributed by atoms with E-state index in [1.807, 2.05) is 43.5 Å². The highest BCUT2D eigenvalue weighted by atomic mass is 35.5. The van der Waals surface area contributed by atoms with Gasteiger partial charge in [-0.05, 0) is 42.8 Å². The highest BCUT2D eigenvalue weighted by molar-refractivity contribution is 6.30. The third-order valence-electron chi connectivity index (χ3n) is 2.73. The highest BCUT2D eigenvalue weighted by Crippen LogP contribution is 2.26. The van der Waals surface area contributed by atoms with Crippen LogP contribution in [0.3, 0.4) is 0 Å². The average Bonchev–Trinajstić information content (AvgIpc) is 2.41. The summed E-state index contributed by atoms with van der Waals surface area (Å²) in [5, 5.41) is 3.96. The first-order valence-corrected chi connectivity index (χ1v) is 6.66. The maximum Gasteiger partial charge on any atom is 0.219 e. The molecular weight excluding hydrogens is 260 g/mol. The minimum Gasteiger partial charge on any atom is -0.439 e. The predicted octanol–water partition coefficient (Wildman–Crippen LogP) is 3.95.